The summed E-state index contributed by atoms with van der Waals surface area (Å²) in [5, 5.41) is 2.65. The first kappa shape index (κ1) is 15.6. The number of hydrogen-bond donors (Lipinski definition) is 1. The van der Waals surface area contributed by atoms with Crippen molar-refractivity contribution in [3.63, 3.8) is 0 Å². The summed E-state index contributed by atoms with van der Waals surface area (Å²) in [6.07, 6.45) is 0.150. The van der Waals surface area contributed by atoms with E-state index in [9.17, 15) is 13.2 Å². The van der Waals surface area contributed by atoms with E-state index in [0.29, 0.717) is 12.3 Å². The molecule has 116 valence electrons. The van der Waals surface area contributed by atoms with Gasteiger partial charge in [-0.3, -0.25) is 4.79 Å². The lowest BCUT2D eigenvalue weighted by molar-refractivity contribution is -0.120. The Kier molecular flexibility index (Phi) is 4.69. The number of rotatable bonds is 4. The lowest BCUT2D eigenvalue weighted by atomic mass is 10.3. The van der Waals surface area contributed by atoms with Gasteiger partial charge < -0.3 is 14.8 Å². The minimum atomic E-state index is -3.72. The van der Waals surface area contributed by atoms with Gasteiger partial charge in [0, 0.05) is 32.1 Å². The summed E-state index contributed by atoms with van der Waals surface area (Å²) in [7, 11) is -0.817. The summed E-state index contributed by atoms with van der Waals surface area (Å²) >= 11 is 0. The second-order valence-electron chi connectivity index (χ2n) is 4.52. The van der Waals surface area contributed by atoms with Gasteiger partial charge in [0.2, 0.25) is 15.9 Å². The van der Waals surface area contributed by atoms with E-state index in [4.69, 9.17) is 9.47 Å². The number of ether oxygens (including phenoxy) is 2. The molecule has 0 aromatic heterocycles. The molecule has 0 saturated carbocycles. The average Bonchev–Trinajstić information content (AvgIpc) is 2.71. The SMILES string of the molecule is COc1ccc(S(=O)(=O)N2CCNC(=O)CC2)c(OC)c1. The van der Waals surface area contributed by atoms with E-state index < -0.39 is 10.0 Å². The molecule has 0 bridgehead atoms. The van der Waals surface area contributed by atoms with Crippen LogP contribution in [0, 0.1) is 0 Å². The fourth-order valence-corrected chi connectivity index (χ4v) is 3.69. The molecule has 0 radical (unpaired) electrons. The van der Waals surface area contributed by atoms with Gasteiger partial charge in [-0.2, -0.15) is 4.31 Å². The van der Waals surface area contributed by atoms with Gasteiger partial charge in [0.25, 0.3) is 0 Å². The predicted octanol–water partition coefficient (Wildman–Crippen LogP) is 0.214. The minimum absolute atomic E-state index is 0.0696. The van der Waals surface area contributed by atoms with Crippen LogP contribution < -0.4 is 14.8 Å². The smallest absolute Gasteiger partial charge is 0.246 e. The Bertz CT molecular complexity index is 629. The van der Waals surface area contributed by atoms with Crippen molar-refractivity contribution in [3.8, 4) is 11.5 Å². The monoisotopic (exact) mass is 314 g/mol. The highest BCUT2D eigenvalue weighted by molar-refractivity contribution is 7.89. The number of amides is 1. The van der Waals surface area contributed by atoms with Crippen molar-refractivity contribution in [2.24, 2.45) is 0 Å². The second kappa shape index (κ2) is 6.31. The first-order valence-corrected chi connectivity index (χ1v) is 7.92. The molecule has 1 fully saturated rings. The summed E-state index contributed by atoms with van der Waals surface area (Å²) < 4.78 is 36.9. The average molecular weight is 314 g/mol. The molecule has 1 aromatic carbocycles. The number of carbonyl (C=O) groups excluding carboxylic acids is 1. The van der Waals surface area contributed by atoms with Crippen LogP contribution in [-0.2, 0) is 14.8 Å². The number of benzene rings is 1. The van der Waals surface area contributed by atoms with Gasteiger partial charge in [-0.05, 0) is 12.1 Å². The summed E-state index contributed by atoms with van der Waals surface area (Å²) in [5.74, 6) is 0.589. The van der Waals surface area contributed by atoms with Crippen molar-refractivity contribution in [1.82, 2.24) is 9.62 Å². The third kappa shape index (κ3) is 3.27. The van der Waals surface area contributed by atoms with Crippen molar-refractivity contribution in [3.05, 3.63) is 18.2 Å². The predicted molar refractivity (Wildman–Crippen MR) is 75.9 cm³/mol. The molecule has 1 heterocycles. The van der Waals surface area contributed by atoms with Gasteiger partial charge in [0.15, 0.2) is 0 Å². The Hall–Kier alpha value is -1.80. The first-order valence-electron chi connectivity index (χ1n) is 6.48. The van der Waals surface area contributed by atoms with Gasteiger partial charge in [-0.15, -0.1) is 0 Å². The molecule has 1 amide bonds. The highest BCUT2D eigenvalue weighted by Crippen LogP contribution is 2.30. The Morgan fingerprint density at radius 2 is 1.95 bits per heavy atom. The molecule has 2 rings (SSSR count). The Morgan fingerprint density at radius 3 is 2.62 bits per heavy atom. The maximum atomic E-state index is 12.7. The fraction of sp³-hybridized carbons (Fsp3) is 0.462. The molecular weight excluding hydrogens is 296 g/mol. The van der Waals surface area contributed by atoms with Crippen LogP contribution in [0.25, 0.3) is 0 Å². The maximum Gasteiger partial charge on any atom is 0.246 e. The lowest BCUT2D eigenvalue weighted by Gasteiger charge is -2.20. The van der Waals surface area contributed by atoms with Crippen LogP contribution in [0.4, 0.5) is 0 Å². The molecule has 8 heteroatoms. The van der Waals surface area contributed by atoms with Gasteiger partial charge in [-0.25, -0.2) is 8.42 Å². The Labute approximate surface area is 123 Å². The van der Waals surface area contributed by atoms with Crippen LogP contribution >= 0.6 is 0 Å². The standard InChI is InChI=1S/C13H18N2O5S/c1-19-10-3-4-12(11(9-10)20-2)21(17,18)15-7-5-13(16)14-6-8-15/h3-4,9H,5-8H2,1-2H3,(H,14,16). The molecule has 21 heavy (non-hydrogen) atoms. The second-order valence-corrected chi connectivity index (χ2v) is 6.43. The molecule has 0 aliphatic carbocycles. The molecule has 0 unspecified atom stereocenters. The summed E-state index contributed by atoms with van der Waals surface area (Å²) in [6.45, 7) is 0.698. The molecule has 1 N–H and O–H groups in total. The lowest BCUT2D eigenvalue weighted by Crippen LogP contribution is -2.34. The summed E-state index contributed by atoms with van der Waals surface area (Å²) in [5.41, 5.74) is 0. The van der Waals surface area contributed by atoms with E-state index in [0.717, 1.165) is 0 Å². The zero-order valence-electron chi connectivity index (χ0n) is 12.0. The van der Waals surface area contributed by atoms with Gasteiger partial charge >= 0.3 is 0 Å². The number of nitrogens with zero attached hydrogens (tertiary/aromatic N) is 1. The van der Waals surface area contributed by atoms with Crippen molar-refractivity contribution >= 4 is 15.9 Å². The Balaban J connectivity index is 2.36. The molecule has 0 atom stereocenters. The zero-order chi connectivity index (χ0) is 15.5. The number of carbonyl (C=O) groups is 1. The Morgan fingerprint density at radius 1 is 1.19 bits per heavy atom. The van der Waals surface area contributed by atoms with Crippen LogP contribution in [0.2, 0.25) is 0 Å². The van der Waals surface area contributed by atoms with Crippen LogP contribution in [-0.4, -0.2) is 52.5 Å². The summed E-state index contributed by atoms with van der Waals surface area (Å²) in [4.78, 5) is 11.4. The third-order valence-corrected chi connectivity index (χ3v) is 5.20. The van der Waals surface area contributed by atoms with E-state index in [1.54, 1.807) is 6.07 Å². The topological polar surface area (TPSA) is 84.9 Å². The molecule has 1 aromatic rings. The zero-order valence-corrected chi connectivity index (χ0v) is 12.8. The highest BCUT2D eigenvalue weighted by atomic mass is 32.2. The van der Waals surface area contributed by atoms with Gasteiger partial charge in [0.1, 0.15) is 16.4 Å². The number of methoxy groups -OCH3 is 2. The molecule has 0 spiro atoms. The fourth-order valence-electron chi connectivity index (χ4n) is 2.11. The van der Waals surface area contributed by atoms with Crippen LogP contribution in [0.1, 0.15) is 6.42 Å². The highest BCUT2D eigenvalue weighted by Gasteiger charge is 2.29. The van der Waals surface area contributed by atoms with E-state index in [2.05, 4.69) is 5.32 Å². The van der Waals surface area contributed by atoms with E-state index in [1.165, 1.54) is 30.7 Å². The first-order chi connectivity index (χ1) is 9.98. The van der Waals surface area contributed by atoms with Crippen LogP contribution in [0.5, 0.6) is 11.5 Å². The maximum absolute atomic E-state index is 12.7. The van der Waals surface area contributed by atoms with Crippen molar-refractivity contribution < 1.29 is 22.7 Å². The molecule has 1 aliphatic heterocycles. The molecule has 1 aliphatic rings. The number of sulfonamides is 1. The van der Waals surface area contributed by atoms with E-state index in [-0.39, 0.29) is 36.1 Å². The largest absolute Gasteiger partial charge is 0.497 e. The van der Waals surface area contributed by atoms with Crippen molar-refractivity contribution in [1.29, 1.82) is 0 Å². The number of nitrogens with one attached hydrogen (secondary N) is 1. The quantitative estimate of drug-likeness (QED) is 0.859. The van der Waals surface area contributed by atoms with Crippen molar-refractivity contribution in [2.45, 2.75) is 11.3 Å². The molecule has 7 nitrogen and oxygen atoms in total. The third-order valence-electron chi connectivity index (χ3n) is 3.26. The van der Waals surface area contributed by atoms with Gasteiger partial charge in [0.05, 0.1) is 14.2 Å². The normalized spacial score (nSPS) is 17.0. The van der Waals surface area contributed by atoms with E-state index in [1.807, 2.05) is 0 Å². The molecular formula is C13H18N2O5S. The van der Waals surface area contributed by atoms with Gasteiger partial charge in [-0.1, -0.05) is 0 Å². The molecule has 1 saturated heterocycles. The number of hydrogen-bond acceptors (Lipinski definition) is 5. The minimum Gasteiger partial charge on any atom is -0.497 e. The van der Waals surface area contributed by atoms with E-state index >= 15 is 0 Å². The van der Waals surface area contributed by atoms with Crippen molar-refractivity contribution in [2.75, 3.05) is 33.9 Å². The summed E-state index contributed by atoms with van der Waals surface area (Å²) in [6, 6.07) is 4.54. The van der Waals surface area contributed by atoms with Crippen LogP contribution in [0.15, 0.2) is 23.1 Å². The van der Waals surface area contributed by atoms with Crippen LogP contribution in [0.3, 0.4) is 0 Å².